The van der Waals surface area contributed by atoms with E-state index in [-0.39, 0.29) is 0 Å². The molecule has 0 aliphatic rings. The fourth-order valence-electron chi connectivity index (χ4n) is 2.65. The monoisotopic (exact) mass is 269 g/mol. The maximum atomic E-state index is 9.24. The molecule has 0 atom stereocenters. The number of aromatic nitrogens is 2. The lowest BCUT2D eigenvalue weighted by atomic mass is 10.1. The standard InChI is InChI=1S/C18H11N3/c19-12-16-17-7-3-4-10-21(17)18(20-16)15-9-8-13-5-1-2-6-14(13)11-15/h1-11H. The number of hydrogen-bond donors (Lipinski definition) is 0. The first kappa shape index (κ1) is 11.7. The minimum Gasteiger partial charge on any atom is -0.298 e. The first-order chi connectivity index (χ1) is 10.4. The summed E-state index contributed by atoms with van der Waals surface area (Å²) in [6.07, 6.45) is 1.94. The molecule has 0 amide bonds. The molecule has 0 N–H and O–H groups in total. The Morgan fingerprint density at radius 1 is 0.905 bits per heavy atom. The maximum Gasteiger partial charge on any atom is 0.166 e. The minimum atomic E-state index is 0.457. The van der Waals surface area contributed by atoms with Crippen molar-refractivity contribution in [1.29, 1.82) is 5.26 Å². The fraction of sp³-hybridized carbons (Fsp3) is 0. The van der Waals surface area contributed by atoms with Crippen molar-refractivity contribution in [3.05, 3.63) is 72.6 Å². The average molecular weight is 269 g/mol. The van der Waals surface area contributed by atoms with E-state index in [1.807, 2.05) is 47.0 Å². The second kappa shape index (κ2) is 4.46. The van der Waals surface area contributed by atoms with Crippen LogP contribution in [0.5, 0.6) is 0 Å². The largest absolute Gasteiger partial charge is 0.298 e. The molecular formula is C18H11N3. The molecule has 3 heteroatoms. The van der Waals surface area contributed by atoms with Crippen LogP contribution in [0, 0.1) is 11.3 Å². The highest BCUT2D eigenvalue weighted by molar-refractivity contribution is 5.87. The number of rotatable bonds is 1. The Balaban J connectivity index is 2.02. The van der Waals surface area contributed by atoms with Gasteiger partial charge in [0.15, 0.2) is 5.69 Å². The molecule has 0 fully saturated rings. The third-order valence-electron chi connectivity index (χ3n) is 3.66. The Hall–Kier alpha value is -3.12. The molecule has 0 aliphatic carbocycles. The third kappa shape index (κ3) is 1.78. The molecule has 3 nitrogen and oxygen atoms in total. The van der Waals surface area contributed by atoms with Crippen molar-refractivity contribution >= 4 is 16.3 Å². The smallest absolute Gasteiger partial charge is 0.166 e. The van der Waals surface area contributed by atoms with E-state index in [2.05, 4.69) is 35.3 Å². The molecule has 98 valence electrons. The number of nitriles is 1. The SMILES string of the molecule is N#Cc1nc(-c2ccc3ccccc3c2)n2ccccc12. The number of benzene rings is 2. The molecule has 0 saturated heterocycles. The van der Waals surface area contributed by atoms with Crippen LogP contribution in [0.15, 0.2) is 66.9 Å². The van der Waals surface area contributed by atoms with Gasteiger partial charge in [-0.15, -0.1) is 0 Å². The van der Waals surface area contributed by atoms with Gasteiger partial charge in [-0.25, -0.2) is 4.98 Å². The predicted molar refractivity (Wildman–Crippen MR) is 82.8 cm³/mol. The third-order valence-corrected chi connectivity index (χ3v) is 3.66. The van der Waals surface area contributed by atoms with Crippen LogP contribution >= 0.6 is 0 Å². The Kier molecular flexibility index (Phi) is 2.48. The number of hydrogen-bond acceptors (Lipinski definition) is 2. The van der Waals surface area contributed by atoms with Gasteiger partial charge in [-0.3, -0.25) is 4.40 Å². The van der Waals surface area contributed by atoms with Gasteiger partial charge >= 0.3 is 0 Å². The van der Waals surface area contributed by atoms with Crippen molar-refractivity contribution in [3.63, 3.8) is 0 Å². The molecule has 0 radical (unpaired) electrons. The van der Waals surface area contributed by atoms with Gasteiger partial charge in [-0.2, -0.15) is 5.26 Å². The van der Waals surface area contributed by atoms with E-state index in [4.69, 9.17) is 0 Å². The summed E-state index contributed by atoms with van der Waals surface area (Å²) in [7, 11) is 0. The predicted octanol–water partition coefficient (Wildman–Crippen LogP) is 4.03. The zero-order valence-corrected chi connectivity index (χ0v) is 11.2. The molecule has 2 aromatic heterocycles. The molecule has 0 unspecified atom stereocenters. The van der Waals surface area contributed by atoms with Crippen LogP contribution in [0.25, 0.3) is 27.7 Å². The lowest BCUT2D eigenvalue weighted by Gasteiger charge is -2.03. The Morgan fingerprint density at radius 3 is 2.57 bits per heavy atom. The van der Waals surface area contributed by atoms with E-state index in [1.165, 1.54) is 10.8 Å². The van der Waals surface area contributed by atoms with Crippen LogP contribution in [0.2, 0.25) is 0 Å². The summed E-state index contributed by atoms with van der Waals surface area (Å²) in [6, 6.07) is 22.4. The van der Waals surface area contributed by atoms with Crippen LogP contribution in [0.4, 0.5) is 0 Å². The van der Waals surface area contributed by atoms with Gasteiger partial charge in [-0.1, -0.05) is 42.5 Å². The maximum absolute atomic E-state index is 9.24. The average Bonchev–Trinajstić information content (AvgIpc) is 2.93. The molecule has 0 spiro atoms. The van der Waals surface area contributed by atoms with Gasteiger partial charge in [0, 0.05) is 11.8 Å². The van der Waals surface area contributed by atoms with Crippen LogP contribution in [0.1, 0.15) is 5.69 Å². The van der Waals surface area contributed by atoms with Gasteiger partial charge in [-0.05, 0) is 29.0 Å². The summed E-state index contributed by atoms with van der Waals surface area (Å²) in [6.45, 7) is 0. The molecule has 21 heavy (non-hydrogen) atoms. The second-order valence-corrected chi connectivity index (χ2v) is 4.91. The highest BCUT2D eigenvalue weighted by Gasteiger charge is 2.11. The first-order valence-corrected chi connectivity index (χ1v) is 6.73. The van der Waals surface area contributed by atoms with Gasteiger partial charge < -0.3 is 0 Å². The van der Waals surface area contributed by atoms with Crippen molar-refractivity contribution in [2.45, 2.75) is 0 Å². The van der Waals surface area contributed by atoms with Crippen LogP contribution < -0.4 is 0 Å². The molecule has 4 rings (SSSR count). The van der Waals surface area contributed by atoms with Crippen LogP contribution in [0.3, 0.4) is 0 Å². The molecule has 2 heterocycles. The second-order valence-electron chi connectivity index (χ2n) is 4.91. The summed E-state index contributed by atoms with van der Waals surface area (Å²) >= 11 is 0. The van der Waals surface area contributed by atoms with Crippen molar-refractivity contribution in [3.8, 4) is 17.5 Å². The minimum absolute atomic E-state index is 0.457. The van der Waals surface area contributed by atoms with E-state index >= 15 is 0 Å². The Bertz CT molecular complexity index is 1010. The summed E-state index contributed by atoms with van der Waals surface area (Å²) in [5.74, 6) is 0.799. The Morgan fingerprint density at radius 2 is 1.71 bits per heavy atom. The molecule has 0 saturated carbocycles. The molecule has 0 aliphatic heterocycles. The summed E-state index contributed by atoms with van der Waals surface area (Å²) < 4.78 is 1.96. The molecular weight excluding hydrogens is 258 g/mol. The van der Waals surface area contributed by atoms with E-state index in [9.17, 15) is 5.26 Å². The van der Waals surface area contributed by atoms with Crippen molar-refractivity contribution < 1.29 is 0 Å². The van der Waals surface area contributed by atoms with E-state index < -0.39 is 0 Å². The van der Waals surface area contributed by atoms with E-state index in [0.717, 1.165) is 16.9 Å². The van der Waals surface area contributed by atoms with Gasteiger partial charge in [0.25, 0.3) is 0 Å². The number of pyridine rings is 1. The van der Waals surface area contributed by atoms with Gasteiger partial charge in [0.1, 0.15) is 11.9 Å². The van der Waals surface area contributed by atoms with Crippen LogP contribution in [-0.2, 0) is 0 Å². The zero-order chi connectivity index (χ0) is 14.2. The quantitative estimate of drug-likeness (QED) is 0.523. The van der Waals surface area contributed by atoms with Crippen molar-refractivity contribution in [2.75, 3.05) is 0 Å². The van der Waals surface area contributed by atoms with Crippen LogP contribution in [-0.4, -0.2) is 9.38 Å². The normalized spacial score (nSPS) is 10.8. The molecule has 2 aromatic carbocycles. The fourth-order valence-corrected chi connectivity index (χ4v) is 2.65. The highest BCUT2D eigenvalue weighted by Crippen LogP contribution is 2.25. The highest BCUT2D eigenvalue weighted by atomic mass is 15.0. The lowest BCUT2D eigenvalue weighted by Crippen LogP contribution is -1.88. The van der Waals surface area contributed by atoms with E-state index in [0.29, 0.717) is 5.69 Å². The lowest BCUT2D eigenvalue weighted by molar-refractivity contribution is 1.16. The molecule has 4 aromatic rings. The Labute approximate surface area is 121 Å². The zero-order valence-electron chi connectivity index (χ0n) is 11.2. The summed E-state index contributed by atoms with van der Waals surface area (Å²) in [5, 5.41) is 11.6. The topological polar surface area (TPSA) is 41.1 Å². The van der Waals surface area contributed by atoms with Gasteiger partial charge in [0.2, 0.25) is 0 Å². The van der Waals surface area contributed by atoms with Gasteiger partial charge in [0.05, 0.1) is 5.52 Å². The molecule has 0 bridgehead atoms. The number of nitrogens with zero attached hydrogens (tertiary/aromatic N) is 3. The van der Waals surface area contributed by atoms with Crippen molar-refractivity contribution in [2.24, 2.45) is 0 Å². The number of imidazole rings is 1. The first-order valence-electron chi connectivity index (χ1n) is 6.73. The van der Waals surface area contributed by atoms with E-state index in [1.54, 1.807) is 0 Å². The van der Waals surface area contributed by atoms with Crippen molar-refractivity contribution in [1.82, 2.24) is 9.38 Å². The number of fused-ring (bicyclic) bond motifs is 2. The summed E-state index contributed by atoms with van der Waals surface area (Å²) in [4.78, 5) is 4.49. The summed E-state index contributed by atoms with van der Waals surface area (Å²) in [5.41, 5.74) is 2.30.